The van der Waals surface area contributed by atoms with E-state index in [1.807, 2.05) is 6.07 Å². The minimum absolute atomic E-state index is 0.755. The normalized spacial score (nSPS) is 25.0. The number of nitrogens with zero attached hydrogens (tertiary/aromatic N) is 2. The third-order valence-corrected chi connectivity index (χ3v) is 4.83. The minimum Gasteiger partial charge on any atom is -0.368 e. The van der Waals surface area contributed by atoms with Crippen LogP contribution in [0.5, 0.6) is 0 Å². The molecule has 0 saturated carbocycles. The number of hydrogen-bond donors (Lipinski definition) is 0. The number of fused-ring (bicyclic) bond motifs is 1. The van der Waals surface area contributed by atoms with Gasteiger partial charge in [-0.15, -0.1) is 0 Å². The maximum Gasteiger partial charge on any atom is 0.0455 e. The van der Waals surface area contributed by atoms with Gasteiger partial charge in [0.15, 0.2) is 0 Å². The summed E-state index contributed by atoms with van der Waals surface area (Å²) in [6.45, 7) is 6.94. The van der Waals surface area contributed by atoms with E-state index in [0.717, 1.165) is 17.6 Å². The summed E-state index contributed by atoms with van der Waals surface area (Å²) in [6, 6.07) is 7.01. The van der Waals surface area contributed by atoms with Crippen LogP contribution in [-0.4, -0.2) is 37.1 Å². The molecule has 0 N–H and O–H groups in total. The van der Waals surface area contributed by atoms with Crippen molar-refractivity contribution >= 4 is 17.3 Å². The van der Waals surface area contributed by atoms with E-state index in [9.17, 15) is 0 Å². The lowest BCUT2D eigenvalue weighted by Crippen LogP contribution is -2.55. The van der Waals surface area contributed by atoms with Crippen LogP contribution in [0.25, 0.3) is 0 Å². The number of rotatable bonds is 1. The van der Waals surface area contributed by atoms with Crippen LogP contribution in [0.2, 0.25) is 5.02 Å². The van der Waals surface area contributed by atoms with Crippen molar-refractivity contribution in [2.75, 3.05) is 31.1 Å². The van der Waals surface area contributed by atoms with Crippen LogP contribution in [0.4, 0.5) is 5.69 Å². The summed E-state index contributed by atoms with van der Waals surface area (Å²) in [5.74, 6) is 0. The summed E-state index contributed by atoms with van der Waals surface area (Å²) < 4.78 is 0. The van der Waals surface area contributed by atoms with Crippen molar-refractivity contribution in [1.29, 1.82) is 0 Å². The zero-order chi connectivity index (χ0) is 12.5. The first-order valence-corrected chi connectivity index (χ1v) is 7.37. The fraction of sp³-hybridized carbons (Fsp3) is 0.600. The lowest BCUT2D eigenvalue weighted by atomic mass is 9.99. The van der Waals surface area contributed by atoms with Crippen LogP contribution in [0, 0.1) is 6.92 Å². The van der Waals surface area contributed by atoms with Crippen LogP contribution in [-0.2, 0) is 0 Å². The first-order chi connectivity index (χ1) is 8.75. The van der Waals surface area contributed by atoms with E-state index in [2.05, 4.69) is 28.9 Å². The van der Waals surface area contributed by atoms with Gasteiger partial charge in [-0.1, -0.05) is 24.1 Å². The van der Waals surface area contributed by atoms with Crippen molar-refractivity contribution < 1.29 is 0 Å². The highest BCUT2D eigenvalue weighted by atomic mass is 35.5. The third kappa shape index (κ3) is 2.24. The number of hydrogen-bond acceptors (Lipinski definition) is 2. The summed E-state index contributed by atoms with van der Waals surface area (Å²) in [6.07, 6.45) is 4.13. The molecule has 0 bridgehead atoms. The molecule has 18 heavy (non-hydrogen) atoms. The molecule has 2 aliphatic rings. The van der Waals surface area contributed by atoms with Crippen molar-refractivity contribution in [2.24, 2.45) is 0 Å². The zero-order valence-corrected chi connectivity index (χ0v) is 11.8. The van der Waals surface area contributed by atoms with Crippen LogP contribution in [0.3, 0.4) is 0 Å². The molecule has 1 aromatic carbocycles. The quantitative estimate of drug-likeness (QED) is 0.768. The van der Waals surface area contributed by atoms with E-state index < -0.39 is 0 Å². The zero-order valence-electron chi connectivity index (χ0n) is 11.0. The SMILES string of the molecule is Cc1c(Cl)cccc1N1CCN2CCCCC2C1. The molecule has 1 unspecified atom stereocenters. The van der Waals surface area contributed by atoms with Gasteiger partial charge in [-0.3, -0.25) is 4.90 Å². The van der Waals surface area contributed by atoms with E-state index in [4.69, 9.17) is 11.6 Å². The van der Waals surface area contributed by atoms with Crippen molar-refractivity contribution in [3.8, 4) is 0 Å². The lowest BCUT2D eigenvalue weighted by molar-refractivity contribution is 0.133. The molecular weight excluding hydrogens is 244 g/mol. The Morgan fingerprint density at radius 2 is 2.06 bits per heavy atom. The average molecular weight is 265 g/mol. The van der Waals surface area contributed by atoms with Crippen molar-refractivity contribution in [1.82, 2.24) is 4.90 Å². The second kappa shape index (κ2) is 5.10. The fourth-order valence-electron chi connectivity index (χ4n) is 3.31. The molecule has 0 aliphatic carbocycles. The van der Waals surface area contributed by atoms with Gasteiger partial charge in [-0.2, -0.15) is 0 Å². The molecule has 2 fully saturated rings. The van der Waals surface area contributed by atoms with Gasteiger partial charge in [0, 0.05) is 36.4 Å². The Morgan fingerprint density at radius 3 is 2.94 bits per heavy atom. The van der Waals surface area contributed by atoms with Crippen LogP contribution >= 0.6 is 11.6 Å². The van der Waals surface area contributed by atoms with Crippen molar-refractivity contribution in [3.63, 3.8) is 0 Å². The monoisotopic (exact) mass is 264 g/mol. The molecule has 1 atom stereocenters. The van der Waals surface area contributed by atoms with Gasteiger partial charge in [-0.05, 0) is 44.0 Å². The largest absolute Gasteiger partial charge is 0.368 e. The summed E-state index contributed by atoms with van der Waals surface area (Å²) in [5, 5.41) is 0.888. The summed E-state index contributed by atoms with van der Waals surface area (Å²) in [7, 11) is 0. The molecule has 0 aromatic heterocycles. The second-order valence-electron chi connectivity index (χ2n) is 5.52. The van der Waals surface area contributed by atoms with Crippen LogP contribution in [0.15, 0.2) is 18.2 Å². The molecule has 2 heterocycles. The second-order valence-corrected chi connectivity index (χ2v) is 5.92. The lowest BCUT2D eigenvalue weighted by Gasteiger charge is -2.45. The molecule has 3 rings (SSSR count). The number of benzene rings is 1. The van der Waals surface area contributed by atoms with Gasteiger partial charge in [0.25, 0.3) is 0 Å². The molecule has 2 aliphatic heterocycles. The van der Waals surface area contributed by atoms with Gasteiger partial charge in [0.1, 0.15) is 0 Å². The van der Waals surface area contributed by atoms with Crippen LogP contribution in [0.1, 0.15) is 24.8 Å². The van der Waals surface area contributed by atoms with E-state index in [0.29, 0.717) is 0 Å². The maximum absolute atomic E-state index is 6.23. The highest BCUT2D eigenvalue weighted by molar-refractivity contribution is 6.31. The van der Waals surface area contributed by atoms with Gasteiger partial charge in [-0.25, -0.2) is 0 Å². The fourth-order valence-corrected chi connectivity index (χ4v) is 3.48. The smallest absolute Gasteiger partial charge is 0.0455 e. The Labute approximate surface area is 115 Å². The average Bonchev–Trinajstić information content (AvgIpc) is 2.41. The molecule has 2 nitrogen and oxygen atoms in total. The molecule has 2 saturated heterocycles. The topological polar surface area (TPSA) is 6.48 Å². The minimum atomic E-state index is 0.755. The highest BCUT2D eigenvalue weighted by Gasteiger charge is 2.29. The van der Waals surface area contributed by atoms with Gasteiger partial charge in [0.05, 0.1) is 0 Å². The third-order valence-electron chi connectivity index (χ3n) is 4.42. The van der Waals surface area contributed by atoms with E-state index in [1.165, 1.54) is 50.1 Å². The highest BCUT2D eigenvalue weighted by Crippen LogP contribution is 2.30. The predicted octanol–water partition coefficient (Wildman–Crippen LogP) is 3.32. The van der Waals surface area contributed by atoms with E-state index >= 15 is 0 Å². The number of anilines is 1. The Balaban J connectivity index is 1.79. The molecule has 3 heteroatoms. The molecule has 0 spiro atoms. The van der Waals surface area contributed by atoms with Gasteiger partial charge in [0.2, 0.25) is 0 Å². The molecular formula is C15H21ClN2. The van der Waals surface area contributed by atoms with Gasteiger partial charge >= 0.3 is 0 Å². The van der Waals surface area contributed by atoms with Crippen molar-refractivity contribution in [3.05, 3.63) is 28.8 Å². The summed E-state index contributed by atoms with van der Waals surface area (Å²) >= 11 is 6.23. The Bertz CT molecular complexity index is 433. The van der Waals surface area contributed by atoms with E-state index in [1.54, 1.807) is 0 Å². The Hall–Kier alpha value is -0.730. The van der Waals surface area contributed by atoms with Crippen LogP contribution < -0.4 is 4.90 Å². The molecule has 1 aromatic rings. The Morgan fingerprint density at radius 1 is 1.17 bits per heavy atom. The Kier molecular flexibility index (Phi) is 3.49. The number of piperazine rings is 1. The molecule has 0 amide bonds. The molecule has 0 radical (unpaired) electrons. The van der Waals surface area contributed by atoms with Crippen molar-refractivity contribution in [2.45, 2.75) is 32.2 Å². The standard InChI is InChI=1S/C15H21ClN2/c1-12-14(16)6-4-7-15(12)18-10-9-17-8-3-2-5-13(17)11-18/h4,6-7,13H,2-3,5,8-11H2,1H3. The summed E-state index contributed by atoms with van der Waals surface area (Å²) in [5.41, 5.74) is 2.55. The van der Waals surface area contributed by atoms with Gasteiger partial charge < -0.3 is 4.90 Å². The first kappa shape index (κ1) is 12.3. The first-order valence-electron chi connectivity index (χ1n) is 7.00. The number of piperidine rings is 1. The molecule has 98 valence electrons. The maximum atomic E-state index is 6.23. The number of halogens is 1. The predicted molar refractivity (Wildman–Crippen MR) is 77.6 cm³/mol. The van der Waals surface area contributed by atoms with E-state index in [-0.39, 0.29) is 0 Å². The summed E-state index contributed by atoms with van der Waals surface area (Å²) in [4.78, 5) is 5.19.